The van der Waals surface area contributed by atoms with Gasteiger partial charge < -0.3 is 4.79 Å². The number of carbonyl (C=O) groups is 1. The molecule has 1 fully saturated rings. The van der Waals surface area contributed by atoms with Crippen molar-refractivity contribution in [2.45, 2.75) is 104 Å². The van der Waals surface area contributed by atoms with Crippen LogP contribution in [-0.4, -0.2) is 6.29 Å². The average Bonchev–Trinajstić information content (AvgIpc) is 3.11. The van der Waals surface area contributed by atoms with Crippen molar-refractivity contribution in [3.05, 3.63) is 0 Å². The van der Waals surface area contributed by atoms with Gasteiger partial charge in [0.25, 0.3) is 0 Å². The molecule has 0 heterocycles. The molecule has 1 aliphatic carbocycles. The molecule has 0 aromatic carbocycles. The highest BCUT2D eigenvalue weighted by Crippen LogP contribution is 2.53. The topological polar surface area (TPSA) is 17.1 Å². The zero-order valence-corrected chi connectivity index (χ0v) is 14.0. The summed E-state index contributed by atoms with van der Waals surface area (Å²) in [4.78, 5) is 11.0. The number of rotatable bonds is 14. The molecule has 20 heavy (non-hydrogen) atoms. The molecule has 0 aromatic heterocycles. The summed E-state index contributed by atoms with van der Waals surface area (Å²) in [5.41, 5.74) is 0.110. The second-order valence-electron chi connectivity index (χ2n) is 7.10. The Balaban J connectivity index is 1.76. The molecule has 118 valence electrons. The van der Waals surface area contributed by atoms with E-state index in [9.17, 15) is 4.79 Å². The first kappa shape index (κ1) is 17.7. The standard InChI is InChI=1S/C19H36O/c1-3-4-5-6-7-8-9-10-11-12-13-14-15-19(17-20)16-18(19)2/h17-18H,3-16H2,1-2H3. The first-order valence-electron chi connectivity index (χ1n) is 9.21. The first-order valence-corrected chi connectivity index (χ1v) is 9.21. The highest BCUT2D eigenvalue weighted by molar-refractivity contribution is 5.64. The van der Waals surface area contributed by atoms with Gasteiger partial charge in [-0.25, -0.2) is 0 Å². The van der Waals surface area contributed by atoms with E-state index in [1.807, 2.05) is 0 Å². The minimum atomic E-state index is 0.110. The van der Waals surface area contributed by atoms with Gasteiger partial charge in [-0.05, 0) is 18.8 Å². The minimum Gasteiger partial charge on any atom is -0.303 e. The summed E-state index contributed by atoms with van der Waals surface area (Å²) in [7, 11) is 0. The molecule has 0 spiro atoms. The molecule has 0 radical (unpaired) electrons. The lowest BCUT2D eigenvalue weighted by Crippen LogP contribution is -2.04. The Bertz CT molecular complexity index is 248. The van der Waals surface area contributed by atoms with Gasteiger partial charge in [0.05, 0.1) is 0 Å². The maximum absolute atomic E-state index is 11.0. The normalized spacial score (nSPS) is 24.8. The van der Waals surface area contributed by atoms with Crippen LogP contribution in [0.2, 0.25) is 0 Å². The van der Waals surface area contributed by atoms with Gasteiger partial charge in [-0.3, -0.25) is 0 Å². The largest absolute Gasteiger partial charge is 0.303 e. The summed E-state index contributed by atoms with van der Waals surface area (Å²) in [5, 5.41) is 0. The van der Waals surface area contributed by atoms with Crippen LogP contribution in [0, 0.1) is 11.3 Å². The van der Waals surface area contributed by atoms with Crippen LogP contribution in [-0.2, 0) is 4.79 Å². The number of hydrogen-bond acceptors (Lipinski definition) is 1. The minimum absolute atomic E-state index is 0.110. The van der Waals surface area contributed by atoms with Crippen LogP contribution in [0.5, 0.6) is 0 Å². The van der Waals surface area contributed by atoms with E-state index in [-0.39, 0.29) is 5.41 Å². The van der Waals surface area contributed by atoms with Gasteiger partial charge in [0.15, 0.2) is 0 Å². The fourth-order valence-corrected chi connectivity index (χ4v) is 3.38. The zero-order chi connectivity index (χ0) is 14.7. The Kier molecular flexibility index (Phi) is 9.22. The maximum atomic E-state index is 11.0. The van der Waals surface area contributed by atoms with E-state index in [2.05, 4.69) is 13.8 Å². The van der Waals surface area contributed by atoms with Crippen molar-refractivity contribution in [3.63, 3.8) is 0 Å². The summed E-state index contributed by atoms with van der Waals surface area (Å²) in [5.74, 6) is 0.660. The van der Waals surface area contributed by atoms with Gasteiger partial charge in [-0.1, -0.05) is 90.9 Å². The van der Waals surface area contributed by atoms with E-state index in [4.69, 9.17) is 0 Å². The molecular weight excluding hydrogens is 244 g/mol. The lowest BCUT2D eigenvalue weighted by Gasteiger charge is -2.07. The average molecular weight is 280 g/mol. The molecule has 2 unspecified atom stereocenters. The molecule has 2 atom stereocenters. The van der Waals surface area contributed by atoms with Gasteiger partial charge in [0, 0.05) is 5.41 Å². The van der Waals surface area contributed by atoms with E-state index in [0.717, 1.165) is 12.8 Å². The quantitative estimate of drug-likeness (QED) is 0.269. The van der Waals surface area contributed by atoms with Crippen LogP contribution < -0.4 is 0 Å². The SMILES string of the molecule is CCCCCCCCCCCCCCC1(C=O)CC1C. The molecule has 0 aliphatic heterocycles. The molecule has 0 bridgehead atoms. The Labute approximate surface area is 126 Å². The van der Waals surface area contributed by atoms with Crippen molar-refractivity contribution in [2.24, 2.45) is 11.3 Å². The second kappa shape index (κ2) is 10.4. The molecule has 1 aliphatic rings. The maximum Gasteiger partial charge on any atom is 0.126 e. The van der Waals surface area contributed by atoms with Crippen molar-refractivity contribution < 1.29 is 4.79 Å². The Morgan fingerprint density at radius 3 is 1.60 bits per heavy atom. The van der Waals surface area contributed by atoms with Gasteiger partial charge in [0.1, 0.15) is 6.29 Å². The zero-order valence-electron chi connectivity index (χ0n) is 14.0. The van der Waals surface area contributed by atoms with Crippen LogP contribution in [0.4, 0.5) is 0 Å². The highest BCUT2D eigenvalue weighted by atomic mass is 16.1. The second-order valence-corrected chi connectivity index (χ2v) is 7.10. The molecular formula is C19H36O. The summed E-state index contributed by atoms with van der Waals surface area (Å²) in [6.07, 6.45) is 20.3. The van der Waals surface area contributed by atoms with Crippen molar-refractivity contribution in [3.8, 4) is 0 Å². The number of hydrogen-bond donors (Lipinski definition) is 0. The third kappa shape index (κ3) is 6.90. The molecule has 0 amide bonds. The van der Waals surface area contributed by atoms with Crippen molar-refractivity contribution in [2.75, 3.05) is 0 Å². The van der Waals surface area contributed by atoms with E-state index in [1.165, 1.54) is 83.3 Å². The Morgan fingerprint density at radius 1 is 0.850 bits per heavy atom. The molecule has 0 N–H and O–H groups in total. The molecule has 1 saturated carbocycles. The molecule has 1 nitrogen and oxygen atoms in total. The van der Waals surface area contributed by atoms with E-state index in [0.29, 0.717) is 5.92 Å². The number of aldehydes is 1. The van der Waals surface area contributed by atoms with Gasteiger partial charge in [0.2, 0.25) is 0 Å². The third-order valence-corrected chi connectivity index (χ3v) is 5.24. The lowest BCUT2D eigenvalue weighted by molar-refractivity contribution is -0.112. The van der Waals surface area contributed by atoms with Gasteiger partial charge in [-0.2, -0.15) is 0 Å². The molecule has 0 saturated heterocycles. The predicted octanol–water partition coefficient (Wildman–Crippen LogP) is 6.30. The van der Waals surface area contributed by atoms with Crippen molar-refractivity contribution in [1.82, 2.24) is 0 Å². The van der Waals surface area contributed by atoms with Crippen LogP contribution in [0.25, 0.3) is 0 Å². The van der Waals surface area contributed by atoms with Crippen LogP contribution >= 0.6 is 0 Å². The first-order chi connectivity index (χ1) is 9.75. The van der Waals surface area contributed by atoms with Gasteiger partial charge >= 0.3 is 0 Å². The van der Waals surface area contributed by atoms with Crippen LogP contribution in [0.1, 0.15) is 104 Å². The highest BCUT2D eigenvalue weighted by Gasteiger charge is 2.50. The molecule has 0 aromatic rings. The third-order valence-electron chi connectivity index (χ3n) is 5.24. The number of carbonyl (C=O) groups excluding carboxylic acids is 1. The summed E-state index contributed by atoms with van der Waals surface area (Å²) in [6.45, 7) is 4.50. The Hall–Kier alpha value is -0.330. The van der Waals surface area contributed by atoms with E-state index < -0.39 is 0 Å². The molecule has 1 rings (SSSR count). The fourth-order valence-electron chi connectivity index (χ4n) is 3.38. The smallest absolute Gasteiger partial charge is 0.126 e. The number of unbranched alkanes of at least 4 members (excludes halogenated alkanes) is 11. The fraction of sp³-hybridized carbons (Fsp3) is 0.947. The van der Waals surface area contributed by atoms with Crippen LogP contribution in [0.3, 0.4) is 0 Å². The van der Waals surface area contributed by atoms with Gasteiger partial charge in [-0.15, -0.1) is 0 Å². The Morgan fingerprint density at radius 2 is 1.25 bits per heavy atom. The monoisotopic (exact) mass is 280 g/mol. The van der Waals surface area contributed by atoms with Crippen molar-refractivity contribution >= 4 is 6.29 Å². The summed E-state index contributed by atoms with van der Waals surface area (Å²) >= 11 is 0. The van der Waals surface area contributed by atoms with Crippen molar-refractivity contribution in [1.29, 1.82) is 0 Å². The van der Waals surface area contributed by atoms with E-state index >= 15 is 0 Å². The summed E-state index contributed by atoms with van der Waals surface area (Å²) < 4.78 is 0. The lowest BCUT2D eigenvalue weighted by atomic mass is 9.97. The predicted molar refractivity (Wildman–Crippen MR) is 88.0 cm³/mol. The summed E-state index contributed by atoms with van der Waals surface area (Å²) in [6, 6.07) is 0. The van der Waals surface area contributed by atoms with Crippen LogP contribution in [0.15, 0.2) is 0 Å². The van der Waals surface area contributed by atoms with E-state index in [1.54, 1.807) is 0 Å². The molecule has 1 heteroatoms.